The van der Waals surface area contributed by atoms with Crippen molar-refractivity contribution in [1.29, 1.82) is 0 Å². The Balaban J connectivity index is 2.12. The maximum atomic E-state index is 11.2. The Morgan fingerprint density at radius 3 is 2.76 bits per heavy atom. The van der Waals surface area contributed by atoms with E-state index in [1.54, 1.807) is 12.1 Å². The predicted molar refractivity (Wildman–Crippen MR) is 78.7 cm³/mol. The molecule has 2 heterocycles. The molecular weight excluding hydrogens is 268 g/mol. The number of pyridine rings is 1. The minimum Gasteiger partial charge on any atom is -0.508 e. The topological polar surface area (TPSA) is 86.2 Å². The van der Waals surface area contributed by atoms with Gasteiger partial charge in [-0.1, -0.05) is 25.1 Å². The minimum absolute atomic E-state index is 0.0953. The van der Waals surface area contributed by atoms with Gasteiger partial charge in [0, 0.05) is 23.4 Å². The summed E-state index contributed by atoms with van der Waals surface area (Å²) >= 11 is 0. The second-order valence-corrected chi connectivity index (χ2v) is 4.93. The molecule has 0 aliphatic carbocycles. The molecule has 1 atom stereocenters. The fraction of sp³-hybridized carbons (Fsp3) is 0.125. The lowest BCUT2D eigenvalue weighted by atomic mass is 9.97. The maximum absolute atomic E-state index is 11.2. The van der Waals surface area contributed by atoms with Gasteiger partial charge in [0.1, 0.15) is 5.75 Å². The molecule has 0 bridgehead atoms. The molecule has 3 aromatic rings. The van der Waals surface area contributed by atoms with Crippen LogP contribution in [0.2, 0.25) is 0 Å². The number of carboxylic acids is 1. The van der Waals surface area contributed by atoms with Crippen LogP contribution in [0.5, 0.6) is 5.75 Å². The number of fused-ring (bicyclic) bond motifs is 1. The first-order valence-corrected chi connectivity index (χ1v) is 6.56. The van der Waals surface area contributed by atoms with E-state index in [0.29, 0.717) is 11.0 Å². The van der Waals surface area contributed by atoms with Crippen LogP contribution in [0.1, 0.15) is 34.5 Å². The molecular formula is C16H14N2O3. The molecule has 0 saturated carbocycles. The van der Waals surface area contributed by atoms with E-state index in [4.69, 9.17) is 0 Å². The van der Waals surface area contributed by atoms with Gasteiger partial charge in [-0.25, -0.2) is 4.79 Å². The molecule has 0 radical (unpaired) electrons. The van der Waals surface area contributed by atoms with Crippen LogP contribution in [-0.4, -0.2) is 26.2 Å². The molecule has 3 rings (SSSR count). The van der Waals surface area contributed by atoms with Gasteiger partial charge < -0.3 is 15.2 Å². The van der Waals surface area contributed by atoms with Crippen molar-refractivity contribution in [2.45, 2.75) is 12.8 Å². The van der Waals surface area contributed by atoms with Crippen LogP contribution >= 0.6 is 0 Å². The van der Waals surface area contributed by atoms with Gasteiger partial charge in [-0.05, 0) is 18.2 Å². The van der Waals surface area contributed by atoms with Crippen LogP contribution in [0.15, 0.2) is 42.6 Å². The van der Waals surface area contributed by atoms with Gasteiger partial charge in [0.2, 0.25) is 0 Å². The molecule has 0 aliphatic heterocycles. The summed E-state index contributed by atoms with van der Waals surface area (Å²) in [5.41, 5.74) is 2.89. The summed E-state index contributed by atoms with van der Waals surface area (Å²) in [7, 11) is 0. The zero-order valence-electron chi connectivity index (χ0n) is 11.4. The molecule has 5 heteroatoms. The average molecular weight is 282 g/mol. The number of phenolic OH excluding ortho intramolecular Hbond substituents is 1. The van der Waals surface area contributed by atoms with Crippen molar-refractivity contribution < 1.29 is 15.0 Å². The molecule has 0 aliphatic rings. The van der Waals surface area contributed by atoms with Crippen molar-refractivity contribution in [1.82, 2.24) is 9.97 Å². The molecule has 3 N–H and O–H groups in total. The Kier molecular flexibility index (Phi) is 3.10. The zero-order chi connectivity index (χ0) is 15.0. The van der Waals surface area contributed by atoms with Gasteiger partial charge in [0.05, 0.1) is 16.6 Å². The molecule has 0 spiro atoms. The first-order chi connectivity index (χ1) is 10.1. The highest BCUT2D eigenvalue weighted by Gasteiger charge is 2.17. The molecule has 1 unspecified atom stereocenters. The average Bonchev–Trinajstić information content (AvgIpc) is 2.90. The number of aromatic hydroxyl groups is 1. The second kappa shape index (κ2) is 4.94. The van der Waals surface area contributed by atoms with Gasteiger partial charge in [-0.15, -0.1) is 0 Å². The molecule has 5 nitrogen and oxygen atoms in total. The smallest absolute Gasteiger partial charge is 0.337 e. The first-order valence-electron chi connectivity index (χ1n) is 6.56. The third-order valence-electron chi connectivity index (χ3n) is 3.64. The van der Waals surface area contributed by atoms with Crippen LogP contribution < -0.4 is 0 Å². The van der Waals surface area contributed by atoms with Crippen molar-refractivity contribution in [3.05, 3.63) is 59.4 Å². The van der Waals surface area contributed by atoms with Gasteiger partial charge in [-0.2, -0.15) is 0 Å². The van der Waals surface area contributed by atoms with Crippen LogP contribution in [0.3, 0.4) is 0 Å². The SMILES string of the molecule is CC(c1cc2nccc(C(=O)O)c2[nH]1)c1ccccc1O. The summed E-state index contributed by atoms with van der Waals surface area (Å²) in [6.07, 6.45) is 1.48. The van der Waals surface area contributed by atoms with Crippen molar-refractivity contribution in [2.75, 3.05) is 0 Å². The van der Waals surface area contributed by atoms with Crippen molar-refractivity contribution in [2.24, 2.45) is 0 Å². The Labute approximate surface area is 120 Å². The lowest BCUT2D eigenvalue weighted by molar-refractivity contribution is 0.0698. The number of aromatic amines is 1. The molecule has 1 aromatic carbocycles. The van der Waals surface area contributed by atoms with Crippen molar-refractivity contribution in [3.8, 4) is 5.75 Å². The highest BCUT2D eigenvalue weighted by molar-refractivity contribution is 6.00. The third kappa shape index (κ3) is 2.23. The summed E-state index contributed by atoms with van der Waals surface area (Å²) in [5.74, 6) is -0.872. The summed E-state index contributed by atoms with van der Waals surface area (Å²) in [6.45, 7) is 1.94. The quantitative estimate of drug-likeness (QED) is 0.689. The number of nitrogens with zero attached hydrogens (tertiary/aromatic N) is 1. The number of rotatable bonds is 3. The monoisotopic (exact) mass is 282 g/mol. The van der Waals surface area contributed by atoms with Gasteiger partial charge in [0.25, 0.3) is 0 Å². The number of hydrogen-bond donors (Lipinski definition) is 3. The number of aromatic carboxylic acids is 1. The maximum Gasteiger partial charge on any atom is 0.337 e. The van der Waals surface area contributed by atoms with Crippen LogP contribution in [-0.2, 0) is 0 Å². The van der Waals surface area contributed by atoms with Crippen molar-refractivity contribution in [3.63, 3.8) is 0 Å². The highest BCUT2D eigenvalue weighted by atomic mass is 16.4. The Morgan fingerprint density at radius 2 is 2.05 bits per heavy atom. The van der Waals surface area contributed by atoms with E-state index < -0.39 is 5.97 Å². The van der Waals surface area contributed by atoms with E-state index in [2.05, 4.69) is 9.97 Å². The zero-order valence-corrected chi connectivity index (χ0v) is 11.4. The number of para-hydroxylation sites is 1. The van der Waals surface area contributed by atoms with E-state index in [1.165, 1.54) is 12.3 Å². The Hall–Kier alpha value is -2.82. The highest BCUT2D eigenvalue weighted by Crippen LogP contribution is 2.32. The summed E-state index contributed by atoms with van der Waals surface area (Å²) in [4.78, 5) is 18.5. The lowest BCUT2D eigenvalue weighted by Gasteiger charge is -2.11. The number of aromatic nitrogens is 2. The van der Waals surface area contributed by atoms with E-state index in [9.17, 15) is 15.0 Å². The standard InChI is InChI=1S/C16H14N2O3/c1-9(10-4-2-3-5-14(10)19)12-8-13-15(18-12)11(16(20)21)6-7-17-13/h2-9,18-19H,1H3,(H,20,21). The number of H-pyrrole nitrogens is 1. The number of benzene rings is 1. The normalized spacial score (nSPS) is 12.4. The van der Waals surface area contributed by atoms with E-state index in [-0.39, 0.29) is 17.2 Å². The second-order valence-electron chi connectivity index (χ2n) is 4.93. The number of hydrogen-bond acceptors (Lipinski definition) is 3. The summed E-state index contributed by atoms with van der Waals surface area (Å²) in [5, 5.41) is 19.1. The summed E-state index contributed by atoms with van der Waals surface area (Å²) < 4.78 is 0. The fourth-order valence-electron chi connectivity index (χ4n) is 2.48. The molecule has 0 saturated heterocycles. The number of nitrogens with one attached hydrogen (secondary N) is 1. The molecule has 0 fully saturated rings. The lowest BCUT2D eigenvalue weighted by Crippen LogP contribution is -1.99. The number of carboxylic acid groups (broad SMARTS) is 1. The Bertz CT molecular complexity index is 823. The van der Waals surface area contributed by atoms with Crippen LogP contribution in [0, 0.1) is 0 Å². The molecule has 106 valence electrons. The van der Waals surface area contributed by atoms with Gasteiger partial charge in [0.15, 0.2) is 0 Å². The third-order valence-corrected chi connectivity index (χ3v) is 3.64. The fourth-order valence-corrected chi connectivity index (χ4v) is 2.48. The van der Waals surface area contributed by atoms with Gasteiger partial charge in [-0.3, -0.25) is 4.98 Å². The van der Waals surface area contributed by atoms with Crippen LogP contribution in [0.25, 0.3) is 11.0 Å². The summed E-state index contributed by atoms with van der Waals surface area (Å²) in [6, 6.07) is 10.4. The minimum atomic E-state index is -0.994. The molecule has 2 aromatic heterocycles. The predicted octanol–water partition coefficient (Wildman–Crippen LogP) is 3.12. The number of phenols is 1. The molecule has 0 amide bonds. The first kappa shape index (κ1) is 13.2. The molecule has 21 heavy (non-hydrogen) atoms. The van der Waals surface area contributed by atoms with E-state index >= 15 is 0 Å². The Morgan fingerprint density at radius 1 is 1.29 bits per heavy atom. The van der Waals surface area contributed by atoms with Crippen molar-refractivity contribution >= 4 is 17.0 Å². The largest absolute Gasteiger partial charge is 0.508 e. The number of carbonyl (C=O) groups is 1. The van der Waals surface area contributed by atoms with E-state index in [1.807, 2.05) is 25.1 Å². The van der Waals surface area contributed by atoms with Gasteiger partial charge >= 0.3 is 5.97 Å². The van der Waals surface area contributed by atoms with Crippen LogP contribution in [0.4, 0.5) is 0 Å². The van der Waals surface area contributed by atoms with E-state index in [0.717, 1.165) is 11.3 Å².